The number of unbranched alkanes of at least 4 members (excludes halogenated alkanes) is 6. The van der Waals surface area contributed by atoms with E-state index in [4.69, 9.17) is 9.72 Å². The van der Waals surface area contributed by atoms with Crippen LogP contribution in [0, 0.1) is 0 Å². The smallest absolute Gasteiger partial charge is 0.147 e. The van der Waals surface area contributed by atoms with Crippen LogP contribution in [0.2, 0.25) is 0 Å². The molecule has 0 N–H and O–H groups in total. The standard InChI is InChI=1S/C23H30N2O/c1-2-3-4-5-6-7-13-18-25-22-17-12-11-16-21(22)24-23(25)19-26-20-14-9-8-10-15-20/h8-12,14-17H,2-7,13,18-19H2,1H3. The Labute approximate surface area is 157 Å². The molecule has 0 aliphatic carbocycles. The summed E-state index contributed by atoms with van der Waals surface area (Å²) in [7, 11) is 0. The third kappa shape index (κ3) is 5.10. The molecule has 0 atom stereocenters. The van der Waals surface area contributed by atoms with Gasteiger partial charge in [-0.1, -0.05) is 75.8 Å². The van der Waals surface area contributed by atoms with E-state index in [0.29, 0.717) is 6.61 Å². The van der Waals surface area contributed by atoms with Gasteiger partial charge in [-0.05, 0) is 30.7 Å². The van der Waals surface area contributed by atoms with Crippen LogP contribution in [0.15, 0.2) is 54.6 Å². The van der Waals surface area contributed by atoms with Gasteiger partial charge in [-0.15, -0.1) is 0 Å². The lowest BCUT2D eigenvalue weighted by Crippen LogP contribution is -2.07. The summed E-state index contributed by atoms with van der Waals surface area (Å²) in [6.45, 7) is 3.79. The molecule has 0 amide bonds. The lowest BCUT2D eigenvalue weighted by molar-refractivity contribution is 0.289. The SMILES string of the molecule is CCCCCCCCCn1c(COc2ccccc2)nc2ccccc21. The van der Waals surface area contributed by atoms with Gasteiger partial charge in [-0.2, -0.15) is 0 Å². The first-order chi connectivity index (χ1) is 12.9. The molecule has 3 heteroatoms. The number of hydrogen-bond acceptors (Lipinski definition) is 2. The molecule has 0 unspecified atom stereocenters. The minimum absolute atomic E-state index is 0.509. The molecule has 3 aromatic rings. The molecule has 1 aromatic heterocycles. The zero-order chi connectivity index (χ0) is 18.0. The van der Waals surface area contributed by atoms with Gasteiger partial charge in [-0.25, -0.2) is 4.98 Å². The quantitative estimate of drug-likeness (QED) is 0.376. The molecule has 0 aliphatic heterocycles. The highest BCUT2D eigenvalue weighted by Crippen LogP contribution is 2.19. The van der Waals surface area contributed by atoms with Gasteiger partial charge >= 0.3 is 0 Å². The van der Waals surface area contributed by atoms with Gasteiger partial charge in [0.1, 0.15) is 18.2 Å². The summed E-state index contributed by atoms with van der Waals surface area (Å²) in [5, 5.41) is 0. The Hall–Kier alpha value is -2.29. The Morgan fingerprint density at radius 3 is 2.31 bits per heavy atom. The second-order valence-electron chi connectivity index (χ2n) is 6.89. The number of nitrogens with zero attached hydrogens (tertiary/aromatic N) is 2. The Kier molecular flexibility index (Phi) is 7.12. The van der Waals surface area contributed by atoms with Crippen LogP contribution in [-0.2, 0) is 13.2 Å². The predicted octanol–water partition coefficient (Wildman–Crippen LogP) is 6.37. The van der Waals surface area contributed by atoms with Crippen LogP contribution < -0.4 is 4.74 Å². The average Bonchev–Trinajstić information content (AvgIpc) is 3.04. The largest absolute Gasteiger partial charge is 0.486 e. The predicted molar refractivity (Wildman–Crippen MR) is 109 cm³/mol. The molecule has 0 spiro atoms. The third-order valence-corrected chi connectivity index (χ3v) is 4.83. The van der Waals surface area contributed by atoms with Crippen LogP contribution in [0.4, 0.5) is 0 Å². The average molecular weight is 351 g/mol. The van der Waals surface area contributed by atoms with Gasteiger partial charge < -0.3 is 9.30 Å². The van der Waals surface area contributed by atoms with Gasteiger partial charge in [0, 0.05) is 6.54 Å². The molecule has 0 fully saturated rings. The molecule has 2 aromatic carbocycles. The molecule has 3 rings (SSSR count). The maximum atomic E-state index is 5.95. The lowest BCUT2D eigenvalue weighted by Gasteiger charge is -2.10. The highest BCUT2D eigenvalue weighted by atomic mass is 16.5. The highest BCUT2D eigenvalue weighted by Gasteiger charge is 2.10. The molecule has 138 valence electrons. The normalized spacial score (nSPS) is 11.1. The number of hydrogen-bond donors (Lipinski definition) is 0. The van der Waals surface area contributed by atoms with E-state index in [0.717, 1.165) is 23.6 Å². The molecule has 0 aliphatic rings. The molecule has 0 saturated heterocycles. The Bertz CT molecular complexity index is 779. The van der Waals surface area contributed by atoms with Crippen LogP contribution in [0.3, 0.4) is 0 Å². The molecular weight excluding hydrogens is 320 g/mol. The molecule has 0 saturated carbocycles. The highest BCUT2D eigenvalue weighted by molar-refractivity contribution is 5.75. The number of ether oxygens (including phenoxy) is 1. The van der Waals surface area contributed by atoms with Crippen molar-refractivity contribution in [2.24, 2.45) is 0 Å². The molecule has 1 heterocycles. The number of rotatable bonds is 11. The van der Waals surface area contributed by atoms with E-state index in [1.54, 1.807) is 0 Å². The van der Waals surface area contributed by atoms with Crippen molar-refractivity contribution >= 4 is 11.0 Å². The zero-order valence-corrected chi connectivity index (χ0v) is 15.9. The van der Waals surface area contributed by atoms with Crippen molar-refractivity contribution in [3.8, 4) is 5.75 Å². The zero-order valence-electron chi connectivity index (χ0n) is 15.9. The maximum Gasteiger partial charge on any atom is 0.147 e. The van der Waals surface area contributed by atoms with E-state index in [9.17, 15) is 0 Å². The van der Waals surface area contributed by atoms with E-state index in [1.165, 1.54) is 50.5 Å². The van der Waals surface area contributed by atoms with E-state index in [-0.39, 0.29) is 0 Å². The van der Waals surface area contributed by atoms with Gasteiger partial charge in [0.15, 0.2) is 0 Å². The summed E-state index contributed by atoms with van der Waals surface area (Å²) in [6.07, 6.45) is 9.24. The summed E-state index contributed by atoms with van der Waals surface area (Å²) < 4.78 is 8.29. The number of aromatic nitrogens is 2. The number of imidazole rings is 1. The van der Waals surface area contributed by atoms with Crippen molar-refractivity contribution in [3.05, 3.63) is 60.4 Å². The first-order valence-corrected chi connectivity index (χ1v) is 10.0. The Balaban J connectivity index is 1.61. The fraction of sp³-hybridized carbons (Fsp3) is 0.435. The second-order valence-corrected chi connectivity index (χ2v) is 6.89. The molecule has 0 radical (unpaired) electrons. The van der Waals surface area contributed by atoms with Gasteiger partial charge in [0.2, 0.25) is 0 Å². The first-order valence-electron chi connectivity index (χ1n) is 10.0. The summed E-state index contributed by atoms with van der Waals surface area (Å²) in [5.74, 6) is 1.91. The van der Waals surface area contributed by atoms with Crippen LogP contribution >= 0.6 is 0 Å². The minimum Gasteiger partial charge on any atom is -0.486 e. The number of benzene rings is 2. The topological polar surface area (TPSA) is 27.1 Å². The van der Waals surface area contributed by atoms with Gasteiger partial charge in [-0.3, -0.25) is 0 Å². The van der Waals surface area contributed by atoms with E-state index in [2.05, 4.69) is 35.8 Å². The van der Waals surface area contributed by atoms with Crippen LogP contribution in [0.25, 0.3) is 11.0 Å². The van der Waals surface area contributed by atoms with Gasteiger partial charge in [0.05, 0.1) is 11.0 Å². The van der Waals surface area contributed by atoms with Crippen molar-refractivity contribution in [2.45, 2.75) is 65.0 Å². The monoisotopic (exact) mass is 350 g/mol. The summed E-state index contributed by atoms with van der Waals surface area (Å²) in [4.78, 5) is 4.81. The summed E-state index contributed by atoms with van der Waals surface area (Å²) in [6, 6.07) is 18.4. The van der Waals surface area contributed by atoms with Crippen molar-refractivity contribution in [3.63, 3.8) is 0 Å². The fourth-order valence-electron chi connectivity index (χ4n) is 3.38. The van der Waals surface area contributed by atoms with E-state index in [1.807, 2.05) is 30.3 Å². The van der Waals surface area contributed by atoms with Crippen molar-refractivity contribution in [2.75, 3.05) is 0 Å². The molecule has 26 heavy (non-hydrogen) atoms. The summed E-state index contributed by atoms with van der Waals surface area (Å²) >= 11 is 0. The number of aryl methyl sites for hydroxylation is 1. The Morgan fingerprint density at radius 1 is 0.808 bits per heavy atom. The lowest BCUT2D eigenvalue weighted by atomic mass is 10.1. The number of para-hydroxylation sites is 3. The van der Waals surface area contributed by atoms with Crippen molar-refractivity contribution < 1.29 is 4.74 Å². The molecular formula is C23H30N2O. The van der Waals surface area contributed by atoms with E-state index < -0.39 is 0 Å². The molecule has 3 nitrogen and oxygen atoms in total. The Morgan fingerprint density at radius 2 is 1.50 bits per heavy atom. The minimum atomic E-state index is 0.509. The molecule has 0 bridgehead atoms. The number of fused-ring (bicyclic) bond motifs is 1. The fourth-order valence-corrected chi connectivity index (χ4v) is 3.38. The summed E-state index contributed by atoms with van der Waals surface area (Å²) in [5.41, 5.74) is 2.27. The van der Waals surface area contributed by atoms with Crippen molar-refractivity contribution in [1.29, 1.82) is 0 Å². The van der Waals surface area contributed by atoms with Crippen LogP contribution in [0.1, 0.15) is 57.7 Å². The second kappa shape index (κ2) is 10.0. The van der Waals surface area contributed by atoms with Crippen LogP contribution in [-0.4, -0.2) is 9.55 Å². The first kappa shape index (κ1) is 18.5. The van der Waals surface area contributed by atoms with Crippen LogP contribution in [0.5, 0.6) is 5.75 Å². The van der Waals surface area contributed by atoms with E-state index >= 15 is 0 Å². The third-order valence-electron chi connectivity index (χ3n) is 4.83. The van der Waals surface area contributed by atoms with Gasteiger partial charge in [0.25, 0.3) is 0 Å². The van der Waals surface area contributed by atoms with Crippen molar-refractivity contribution in [1.82, 2.24) is 9.55 Å². The maximum absolute atomic E-state index is 5.95.